The van der Waals surface area contributed by atoms with E-state index in [0.29, 0.717) is 6.54 Å². The van der Waals surface area contributed by atoms with Gasteiger partial charge in [-0.05, 0) is 24.1 Å². The molecule has 0 saturated heterocycles. The van der Waals surface area contributed by atoms with Crippen molar-refractivity contribution in [2.75, 3.05) is 24.3 Å². The maximum Gasteiger partial charge on any atom is 0.137 e. The summed E-state index contributed by atoms with van der Waals surface area (Å²) in [7, 11) is 3.80. The van der Waals surface area contributed by atoms with Crippen LogP contribution in [0, 0.1) is 5.82 Å². The van der Waals surface area contributed by atoms with Crippen molar-refractivity contribution in [1.82, 2.24) is 9.97 Å². The van der Waals surface area contributed by atoms with Crippen molar-refractivity contribution in [2.24, 2.45) is 0 Å². The molecule has 2 rings (SSSR count). The van der Waals surface area contributed by atoms with Crippen LogP contribution >= 0.6 is 0 Å². The van der Waals surface area contributed by atoms with Gasteiger partial charge < -0.3 is 10.2 Å². The summed E-state index contributed by atoms with van der Waals surface area (Å²) >= 11 is 0. The van der Waals surface area contributed by atoms with Crippen LogP contribution < -0.4 is 10.2 Å². The zero-order chi connectivity index (χ0) is 14.5. The lowest BCUT2D eigenvalue weighted by molar-refractivity contribution is 0.625. The molecule has 0 atom stereocenters. The third-order valence-corrected chi connectivity index (χ3v) is 3.18. The van der Waals surface area contributed by atoms with E-state index in [1.807, 2.05) is 25.1 Å². The fourth-order valence-electron chi connectivity index (χ4n) is 2.26. The van der Waals surface area contributed by atoms with Crippen molar-refractivity contribution >= 4 is 11.6 Å². The Kier molecular flexibility index (Phi) is 4.50. The molecule has 0 saturated carbocycles. The summed E-state index contributed by atoms with van der Waals surface area (Å²) in [5.41, 5.74) is 1.98. The standard InChI is InChI=1S/C15H19FN4/c1-4-13-14(17-2)18-10-19-15(13)20(3)9-11-6-5-7-12(16)8-11/h5-8,10H,4,9H2,1-3H3,(H,17,18,19). The highest BCUT2D eigenvalue weighted by atomic mass is 19.1. The molecule has 0 amide bonds. The summed E-state index contributed by atoms with van der Waals surface area (Å²) in [4.78, 5) is 10.6. The molecule has 0 radical (unpaired) electrons. The number of halogens is 1. The van der Waals surface area contributed by atoms with Crippen molar-refractivity contribution in [3.05, 3.63) is 47.5 Å². The monoisotopic (exact) mass is 274 g/mol. The fourth-order valence-corrected chi connectivity index (χ4v) is 2.26. The highest BCUT2D eigenvalue weighted by Gasteiger charge is 2.13. The maximum absolute atomic E-state index is 13.2. The molecule has 0 fully saturated rings. The van der Waals surface area contributed by atoms with Crippen LogP contribution in [-0.2, 0) is 13.0 Å². The molecule has 4 nitrogen and oxygen atoms in total. The van der Waals surface area contributed by atoms with Crippen LogP contribution in [0.3, 0.4) is 0 Å². The zero-order valence-corrected chi connectivity index (χ0v) is 12.0. The van der Waals surface area contributed by atoms with Gasteiger partial charge in [0, 0.05) is 26.2 Å². The zero-order valence-electron chi connectivity index (χ0n) is 12.0. The summed E-state index contributed by atoms with van der Waals surface area (Å²) in [5.74, 6) is 1.49. The SMILES string of the molecule is CCc1c(NC)ncnc1N(C)Cc1cccc(F)c1. The number of benzene rings is 1. The Balaban J connectivity index is 2.27. The number of nitrogens with zero attached hydrogens (tertiary/aromatic N) is 3. The Labute approximate surface area is 118 Å². The van der Waals surface area contributed by atoms with Gasteiger partial charge >= 0.3 is 0 Å². The predicted octanol–water partition coefficient (Wildman–Crippen LogP) is 2.86. The first-order valence-electron chi connectivity index (χ1n) is 6.63. The average molecular weight is 274 g/mol. The molecular formula is C15H19FN4. The minimum Gasteiger partial charge on any atom is -0.373 e. The quantitative estimate of drug-likeness (QED) is 0.910. The second-order valence-electron chi connectivity index (χ2n) is 4.61. The Morgan fingerprint density at radius 3 is 2.75 bits per heavy atom. The van der Waals surface area contributed by atoms with Crippen LogP contribution in [0.2, 0.25) is 0 Å². The normalized spacial score (nSPS) is 10.4. The molecule has 0 aliphatic carbocycles. The van der Waals surface area contributed by atoms with Crippen LogP contribution in [0.25, 0.3) is 0 Å². The average Bonchev–Trinajstić information content (AvgIpc) is 2.46. The first-order valence-corrected chi connectivity index (χ1v) is 6.63. The largest absolute Gasteiger partial charge is 0.373 e. The second kappa shape index (κ2) is 6.32. The second-order valence-corrected chi connectivity index (χ2v) is 4.61. The first-order chi connectivity index (χ1) is 9.65. The minimum absolute atomic E-state index is 0.217. The van der Waals surface area contributed by atoms with Crippen LogP contribution in [-0.4, -0.2) is 24.1 Å². The van der Waals surface area contributed by atoms with Crippen molar-refractivity contribution in [3.63, 3.8) is 0 Å². The molecule has 0 bridgehead atoms. The van der Waals surface area contributed by atoms with Crippen molar-refractivity contribution in [3.8, 4) is 0 Å². The number of rotatable bonds is 5. The van der Waals surface area contributed by atoms with Crippen LogP contribution in [0.4, 0.5) is 16.0 Å². The number of hydrogen-bond donors (Lipinski definition) is 1. The molecule has 0 aliphatic heterocycles. The first kappa shape index (κ1) is 14.2. The number of anilines is 2. The summed E-state index contributed by atoms with van der Waals surface area (Å²) in [6.45, 7) is 2.67. The van der Waals surface area contributed by atoms with E-state index >= 15 is 0 Å². The van der Waals surface area contributed by atoms with Gasteiger partial charge in [0.15, 0.2) is 0 Å². The summed E-state index contributed by atoms with van der Waals surface area (Å²) in [6, 6.07) is 6.62. The lowest BCUT2D eigenvalue weighted by atomic mass is 10.1. The molecule has 0 unspecified atom stereocenters. The highest BCUT2D eigenvalue weighted by Crippen LogP contribution is 2.24. The van der Waals surface area contributed by atoms with Gasteiger partial charge in [-0.25, -0.2) is 14.4 Å². The fraction of sp³-hybridized carbons (Fsp3) is 0.333. The van der Waals surface area contributed by atoms with Gasteiger partial charge in [-0.15, -0.1) is 0 Å². The van der Waals surface area contributed by atoms with E-state index in [0.717, 1.165) is 29.2 Å². The topological polar surface area (TPSA) is 41.1 Å². The molecule has 106 valence electrons. The van der Waals surface area contributed by atoms with Gasteiger partial charge in [-0.1, -0.05) is 19.1 Å². The molecular weight excluding hydrogens is 255 g/mol. The van der Waals surface area contributed by atoms with Gasteiger partial charge in [-0.3, -0.25) is 0 Å². The molecule has 20 heavy (non-hydrogen) atoms. The molecule has 2 aromatic rings. The van der Waals surface area contributed by atoms with Crippen LogP contribution in [0.1, 0.15) is 18.1 Å². The van der Waals surface area contributed by atoms with E-state index in [1.54, 1.807) is 18.5 Å². The third-order valence-electron chi connectivity index (χ3n) is 3.18. The Hall–Kier alpha value is -2.17. The number of aromatic nitrogens is 2. The predicted molar refractivity (Wildman–Crippen MR) is 79.5 cm³/mol. The maximum atomic E-state index is 13.2. The Bertz CT molecular complexity index is 586. The molecule has 1 heterocycles. The molecule has 0 spiro atoms. The van der Waals surface area contributed by atoms with Gasteiger partial charge in [0.2, 0.25) is 0 Å². The molecule has 5 heteroatoms. The summed E-state index contributed by atoms with van der Waals surface area (Å²) in [5, 5.41) is 3.08. The van der Waals surface area contributed by atoms with Crippen LogP contribution in [0.15, 0.2) is 30.6 Å². The van der Waals surface area contributed by atoms with E-state index < -0.39 is 0 Å². The van der Waals surface area contributed by atoms with E-state index in [-0.39, 0.29) is 5.82 Å². The third kappa shape index (κ3) is 3.04. The Morgan fingerprint density at radius 1 is 1.30 bits per heavy atom. The van der Waals surface area contributed by atoms with Crippen LogP contribution in [0.5, 0.6) is 0 Å². The van der Waals surface area contributed by atoms with E-state index in [4.69, 9.17) is 0 Å². The van der Waals surface area contributed by atoms with E-state index in [2.05, 4.69) is 22.2 Å². The number of hydrogen-bond acceptors (Lipinski definition) is 4. The summed E-state index contributed by atoms with van der Waals surface area (Å²) in [6.07, 6.45) is 2.38. The molecule has 1 aromatic heterocycles. The molecule has 0 aliphatic rings. The van der Waals surface area contributed by atoms with Gasteiger partial charge in [0.1, 0.15) is 23.8 Å². The lowest BCUT2D eigenvalue weighted by Gasteiger charge is -2.22. The van der Waals surface area contributed by atoms with Gasteiger partial charge in [-0.2, -0.15) is 0 Å². The highest BCUT2D eigenvalue weighted by molar-refractivity contribution is 5.58. The lowest BCUT2D eigenvalue weighted by Crippen LogP contribution is -2.20. The smallest absolute Gasteiger partial charge is 0.137 e. The van der Waals surface area contributed by atoms with E-state index in [1.165, 1.54) is 6.07 Å². The molecule has 1 aromatic carbocycles. The molecule has 1 N–H and O–H groups in total. The summed E-state index contributed by atoms with van der Waals surface area (Å²) < 4.78 is 13.2. The van der Waals surface area contributed by atoms with Crippen molar-refractivity contribution in [2.45, 2.75) is 19.9 Å². The minimum atomic E-state index is -0.217. The van der Waals surface area contributed by atoms with Gasteiger partial charge in [0.05, 0.1) is 0 Å². The van der Waals surface area contributed by atoms with Gasteiger partial charge in [0.25, 0.3) is 0 Å². The van der Waals surface area contributed by atoms with Crippen molar-refractivity contribution < 1.29 is 4.39 Å². The van der Waals surface area contributed by atoms with Crippen molar-refractivity contribution in [1.29, 1.82) is 0 Å². The van der Waals surface area contributed by atoms with E-state index in [9.17, 15) is 4.39 Å². The Morgan fingerprint density at radius 2 is 2.10 bits per heavy atom. The number of nitrogens with one attached hydrogen (secondary N) is 1.